The Morgan fingerprint density at radius 3 is 2.67 bits per heavy atom. The molecule has 1 rings (SSSR count). The molecule has 1 amide bonds. The minimum absolute atomic E-state index is 0.0735. The van der Waals surface area contributed by atoms with Gasteiger partial charge >= 0.3 is 0 Å². The van der Waals surface area contributed by atoms with Gasteiger partial charge in [0.25, 0.3) is 11.6 Å². The van der Waals surface area contributed by atoms with Crippen LogP contribution in [0.25, 0.3) is 0 Å². The first-order valence-corrected chi connectivity index (χ1v) is 6.48. The lowest BCUT2D eigenvalue weighted by atomic mass is 10.1. The number of carbonyl (C=O) groups is 1. The molecule has 0 aromatic heterocycles. The van der Waals surface area contributed by atoms with Crippen LogP contribution in [-0.4, -0.2) is 41.0 Å². The summed E-state index contributed by atoms with van der Waals surface area (Å²) in [6.45, 7) is 0.421. The number of carbonyl (C=O) groups excluding carboxylic acids is 1. The number of unbranched alkanes of at least 4 members (excludes halogenated alkanes) is 2. The fraction of sp³-hybridized carbons (Fsp3) is 0.462. The van der Waals surface area contributed by atoms with E-state index in [1.54, 1.807) is 0 Å². The minimum atomic E-state index is -0.884. The Kier molecular flexibility index (Phi) is 6.04. The topological polar surface area (TPSA) is 110 Å². The molecular weight excluding hydrogens is 281 g/mol. The van der Waals surface area contributed by atoms with E-state index < -0.39 is 33.6 Å². The number of nitrogens with zero attached hydrogens (tertiary/aromatic N) is 2. The number of nitrogen functional groups attached to an aromatic ring is 1. The second-order valence-corrected chi connectivity index (χ2v) is 4.62. The predicted octanol–water partition coefficient (Wildman–Crippen LogP) is 1.55. The fourth-order valence-corrected chi connectivity index (χ4v) is 1.89. The van der Waals surface area contributed by atoms with Crippen molar-refractivity contribution in [1.82, 2.24) is 4.90 Å². The summed E-state index contributed by atoms with van der Waals surface area (Å²) >= 11 is 0. The first-order chi connectivity index (χ1) is 9.90. The number of amides is 1. The molecule has 0 atom stereocenters. The maximum absolute atomic E-state index is 13.8. The molecule has 0 spiro atoms. The van der Waals surface area contributed by atoms with Crippen molar-refractivity contribution in [1.29, 1.82) is 0 Å². The first kappa shape index (κ1) is 16.8. The smallest absolute Gasteiger partial charge is 0.293 e. The largest absolute Gasteiger partial charge is 0.396 e. The number of hydrogen-bond donors (Lipinski definition) is 2. The number of hydrogen-bond acceptors (Lipinski definition) is 5. The van der Waals surface area contributed by atoms with Gasteiger partial charge in [-0.15, -0.1) is 0 Å². The molecule has 116 valence electrons. The van der Waals surface area contributed by atoms with Gasteiger partial charge in [-0.1, -0.05) is 0 Å². The van der Waals surface area contributed by atoms with E-state index in [2.05, 4.69) is 0 Å². The van der Waals surface area contributed by atoms with Gasteiger partial charge in [-0.25, -0.2) is 4.39 Å². The molecule has 0 saturated carbocycles. The van der Waals surface area contributed by atoms with Crippen LogP contribution in [0.4, 0.5) is 15.8 Å². The Bertz CT molecular complexity index is 536. The third kappa shape index (κ3) is 4.12. The van der Waals surface area contributed by atoms with Gasteiger partial charge in [-0.3, -0.25) is 14.9 Å². The van der Waals surface area contributed by atoms with E-state index in [4.69, 9.17) is 10.8 Å². The van der Waals surface area contributed by atoms with E-state index >= 15 is 0 Å². The van der Waals surface area contributed by atoms with Crippen LogP contribution in [0.3, 0.4) is 0 Å². The highest BCUT2D eigenvalue weighted by molar-refractivity contribution is 6.01. The number of nitrogens with two attached hydrogens (primary N) is 1. The Hall–Kier alpha value is -2.22. The third-order valence-electron chi connectivity index (χ3n) is 3.08. The molecule has 0 aliphatic heterocycles. The summed E-state index contributed by atoms with van der Waals surface area (Å²) in [6, 6.07) is 1.80. The van der Waals surface area contributed by atoms with E-state index in [1.807, 2.05) is 0 Å². The number of nitro groups is 1. The number of benzene rings is 1. The fourth-order valence-electron chi connectivity index (χ4n) is 1.89. The number of halogens is 1. The zero-order chi connectivity index (χ0) is 16.0. The van der Waals surface area contributed by atoms with Crippen LogP contribution >= 0.6 is 0 Å². The van der Waals surface area contributed by atoms with Crippen molar-refractivity contribution in [3.63, 3.8) is 0 Å². The average molecular weight is 299 g/mol. The van der Waals surface area contributed by atoms with Gasteiger partial charge in [0.1, 0.15) is 17.1 Å². The summed E-state index contributed by atoms with van der Waals surface area (Å²) in [7, 11) is 1.47. The van der Waals surface area contributed by atoms with Crippen LogP contribution in [0.15, 0.2) is 12.1 Å². The van der Waals surface area contributed by atoms with Crippen molar-refractivity contribution in [2.75, 3.05) is 25.9 Å². The van der Waals surface area contributed by atoms with E-state index in [0.29, 0.717) is 19.4 Å². The number of aliphatic hydroxyl groups excluding tert-OH is 1. The number of anilines is 1. The van der Waals surface area contributed by atoms with Crippen LogP contribution < -0.4 is 5.73 Å². The monoisotopic (exact) mass is 299 g/mol. The zero-order valence-electron chi connectivity index (χ0n) is 11.7. The predicted molar refractivity (Wildman–Crippen MR) is 75.4 cm³/mol. The highest BCUT2D eigenvalue weighted by Gasteiger charge is 2.25. The molecule has 0 saturated heterocycles. The third-order valence-corrected chi connectivity index (χ3v) is 3.08. The van der Waals surface area contributed by atoms with Crippen molar-refractivity contribution in [3.05, 3.63) is 33.6 Å². The van der Waals surface area contributed by atoms with Crippen LogP contribution in [0.1, 0.15) is 29.6 Å². The van der Waals surface area contributed by atoms with Crippen LogP contribution in [0.5, 0.6) is 0 Å². The number of nitro benzene ring substituents is 1. The number of aliphatic hydroxyl groups is 1. The van der Waals surface area contributed by atoms with Crippen LogP contribution in [0.2, 0.25) is 0 Å². The van der Waals surface area contributed by atoms with Crippen molar-refractivity contribution in [2.24, 2.45) is 0 Å². The van der Waals surface area contributed by atoms with Crippen molar-refractivity contribution < 1.29 is 19.2 Å². The van der Waals surface area contributed by atoms with Crippen molar-refractivity contribution in [3.8, 4) is 0 Å². The standard InChI is InChI=1S/C13H18FN3O4/c1-16(7-3-2-4-8-18)13(19)11-9(14)5-6-10(12(11)15)17(20)21/h5-6,18H,2-4,7-8,15H2,1H3. The zero-order valence-corrected chi connectivity index (χ0v) is 11.7. The van der Waals surface area contributed by atoms with Gasteiger partial charge < -0.3 is 15.7 Å². The summed E-state index contributed by atoms with van der Waals surface area (Å²) in [4.78, 5) is 23.4. The molecular formula is C13H18FN3O4. The quantitative estimate of drug-likeness (QED) is 0.343. The SMILES string of the molecule is CN(CCCCCO)C(=O)c1c(F)ccc([N+](=O)[O-])c1N. The Labute approximate surface area is 121 Å². The van der Waals surface area contributed by atoms with Crippen LogP contribution in [0, 0.1) is 15.9 Å². The molecule has 0 bridgehead atoms. The summed E-state index contributed by atoms with van der Waals surface area (Å²) in [5.74, 6) is -1.58. The molecule has 0 aliphatic carbocycles. The molecule has 1 aromatic rings. The van der Waals surface area contributed by atoms with Gasteiger partial charge in [0.15, 0.2) is 0 Å². The highest BCUT2D eigenvalue weighted by Crippen LogP contribution is 2.28. The van der Waals surface area contributed by atoms with Gasteiger partial charge in [-0.2, -0.15) is 0 Å². The first-order valence-electron chi connectivity index (χ1n) is 6.48. The van der Waals surface area contributed by atoms with Crippen LogP contribution in [-0.2, 0) is 0 Å². The van der Waals surface area contributed by atoms with E-state index in [1.165, 1.54) is 11.9 Å². The Morgan fingerprint density at radius 2 is 2.10 bits per heavy atom. The summed E-state index contributed by atoms with van der Waals surface area (Å²) in [5.41, 5.74) is 4.10. The maximum atomic E-state index is 13.8. The summed E-state index contributed by atoms with van der Waals surface area (Å²) < 4.78 is 13.8. The molecule has 21 heavy (non-hydrogen) atoms. The molecule has 1 aromatic carbocycles. The lowest BCUT2D eigenvalue weighted by molar-refractivity contribution is -0.384. The highest BCUT2D eigenvalue weighted by atomic mass is 19.1. The van der Waals surface area contributed by atoms with E-state index in [0.717, 1.165) is 18.6 Å². The molecule has 0 fully saturated rings. The van der Waals surface area contributed by atoms with Gasteiger partial charge in [0.2, 0.25) is 0 Å². The molecule has 0 unspecified atom stereocenters. The Morgan fingerprint density at radius 1 is 1.43 bits per heavy atom. The van der Waals surface area contributed by atoms with Crippen molar-refractivity contribution >= 4 is 17.3 Å². The molecule has 0 radical (unpaired) electrons. The minimum Gasteiger partial charge on any atom is -0.396 e. The van der Waals surface area contributed by atoms with Gasteiger partial charge in [-0.05, 0) is 25.3 Å². The normalized spacial score (nSPS) is 10.4. The molecule has 0 aliphatic rings. The number of rotatable bonds is 7. The van der Waals surface area contributed by atoms with E-state index in [9.17, 15) is 19.3 Å². The van der Waals surface area contributed by atoms with Gasteiger partial charge in [0, 0.05) is 26.3 Å². The molecule has 0 heterocycles. The summed E-state index contributed by atoms with van der Waals surface area (Å²) in [6.07, 6.45) is 1.98. The summed E-state index contributed by atoms with van der Waals surface area (Å²) in [5, 5.41) is 19.4. The maximum Gasteiger partial charge on any atom is 0.293 e. The average Bonchev–Trinajstić information content (AvgIpc) is 2.42. The Balaban J connectivity index is 2.91. The lowest BCUT2D eigenvalue weighted by Crippen LogP contribution is -2.29. The second-order valence-electron chi connectivity index (χ2n) is 4.62. The second kappa shape index (κ2) is 7.53. The van der Waals surface area contributed by atoms with E-state index in [-0.39, 0.29) is 6.61 Å². The molecule has 3 N–H and O–H groups in total. The van der Waals surface area contributed by atoms with Gasteiger partial charge in [0.05, 0.1) is 4.92 Å². The molecule has 7 nitrogen and oxygen atoms in total. The van der Waals surface area contributed by atoms with Crippen molar-refractivity contribution in [2.45, 2.75) is 19.3 Å². The lowest BCUT2D eigenvalue weighted by Gasteiger charge is -2.18. The molecule has 8 heteroatoms.